The fraction of sp³-hybridized carbons (Fsp3) is 0.391. The third kappa shape index (κ3) is 4.04. The van der Waals surface area contributed by atoms with Crippen LogP contribution in [0.25, 0.3) is 10.2 Å². The van der Waals surface area contributed by atoms with Gasteiger partial charge in [0.2, 0.25) is 5.91 Å². The van der Waals surface area contributed by atoms with Crippen molar-refractivity contribution >= 4 is 32.6 Å². The lowest BCUT2D eigenvalue weighted by molar-refractivity contribution is -0.126. The lowest BCUT2D eigenvalue weighted by Crippen LogP contribution is -2.41. The topological polar surface area (TPSA) is 45.2 Å². The van der Waals surface area contributed by atoms with Crippen LogP contribution >= 0.6 is 11.3 Å². The number of hydrogen-bond donors (Lipinski definition) is 1. The van der Waals surface area contributed by atoms with Crippen LogP contribution in [0, 0.1) is 5.92 Å². The third-order valence-corrected chi connectivity index (χ3v) is 6.72. The molecule has 5 heteroatoms. The monoisotopic (exact) mass is 393 g/mol. The Morgan fingerprint density at radius 2 is 1.96 bits per heavy atom. The maximum atomic E-state index is 12.7. The summed E-state index contributed by atoms with van der Waals surface area (Å²) in [6.07, 6.45) is 2.80. The summed E-state index contributed by atoms with van der Waals surface area (Å²) in [7, 11) is 0. The predicted molar refractivity (Wildman–Crippen MR) is 117 cm³/mol. The number of benzene rings is 2. The van der Waals surface area contributed by atoms with Crippen molar-refractivity contribution in [2.24, 2.45) is 5.92 Å². The Hall–Kier alpha value is -2.40. The third-order valence-electron chi connectivity index (χ3n) is 5.64. The highest BCUT2D eigenvalue weighted by atomic mass is 32.1. The standard InChI is InChI=1S/C23H27N3OS/c1-3-17-9-10-20-21(15-17)28-23(25-20)26-13-11-19(12-14-26)22(27)24-16(2)18-7-5-4-6-8-18/h4-10,15-16,19H,3,11-14H2,1-2H3,(H,24,27). The van der Waals surface area contributed by atoms with Crippen LogP contribution in [-0.2, 0) is 11.2 Å². The van der Waals surface area contributed by atoms with Gasteiger partial charge in [-0.15, -0.1) is 0 Å². The van der Waals surface area contributed by atoms with Crippen LogP contribution in [0.15, 0.2) is 48.5 Å². The van der Waals surface area contributed by atoms with Crippen LogP contribution in [0.3, 0.4) is 0 Å². The molecule has 1 aliphatic rings. The normalized spacial score (nSPS) is 16.3. The molecule has 0 saturated carbocycles. The molecular weight excluding hydrogens is 366 g/mol. The zero-order chi connectivity index (χ0) is 19.5. The second-order valence-electron chi connectivity index (χ2n) is 7.55. The van der Waals surface area contributed by atoms with E-state index in [1.165, 1.54) is 10.3 Å². The first kappa shape index (κ1) is 18.9. The Bertz CT molecular complexity index is 945. The van der Waals surface area contributed by atoms with Gasteiger partial charge in [-0.1, -0.05) is 54.7 Å². The van der Waals surface area contributed by atoms with E-state index in [0.717, 1.165) is 48.6 Å². The fourth-order valence-corrected chi connectivity index (χ4v) is 4.88. The van der Waals surface area contributed by atoms with Gasteiger partial charge in [-0.2, -0.15) is 0 Å². The number of amides is 1. The summed E-state index contributed by atoms with van der Waals surface area (Å²) in [6, 6.07) is 16.7. The first-order valence-corrected chi connectivity index (χ1v) is 11.0. The number of aromatic nitrogens is 1. The van der Waals surface area contributed by atoms with Crippen molar-refractivity contribution in [1.29, 1.82) is 0 Å². The molecule has 2 heterocycles. The van der Waals surface area contributed by atoms with Gasteiger partial charge in [0.1, 0.15) is 0 Å². The number of rotatable bonds is 5. The van der Waals surface area contributed by atoms with Crippen LogP contribution in [0.5, 0.6) is 0 Å². The summed E-state index contributed by atoms with van der Waals surface area (Å²) in [5.74, 6) is 0.261. The highest BCUT2D eigenvalue weighted by Gasteiger charge is 2.27. The van der Waals surface area contributed by atoms with Gasteiger partial charge in [-0.3, -0.25) is 4.79 Å². The first-order valence-electron chi connectivity index (χ1n) is 10.1. The molecule has 1 unspecified atom stereocenters. The summed E-state index contributed by atoms with van der Waals surface area (Å²) >= 11 is 1.77. The summed E-state index contributed by atoms with van der Waals surface area (Å²) in [4.78, 5) is 19.8. The van der Waals surface area contributed by atoms with E-state index in [9.17, 15) is 4.79 Å². The van der Waals surface area contributed by atoms with E-state index in [2.05, 4.69) is 47.5 Å². The van der Waals surface area contributed by atoms with E-state index in [0.29, 0.717) is 0 Å². The molecule has 146 valence electrons. The minimum atomic E-state index is 0.0451. The average Bonchev–Trinajstić information content (AvgIpc) is 3.17. The Morgan fingerprint density at radius 1 is 1.21 bits per heavy atom. The molecule has 0 radical (unpaired) electrons. The summed E-state index contributed by atoms with van der Waals surface area (Å²) in [5.41, 5.74) is 3.58. The quantitative estimate of drug-likeness (QED) is 0.667. The maximum Gasteiger partial charge on any atom is 0.223 e. The van der Waals surface area contributed by atoms with Gasteiger partial charge in [0, 0.05) is 19.0 Å². The van der Waals surface area contributed by atoms with Crippen molar-refractivity contribution in [3.05, 3.63) is 59.7 Å². The van der Waals surface area contributed by atoms with Gasteiger partial charge < -0.3 is 10.2 Å². The number of carbonyl (C=O) groups is 1. The number of fused-ring (bicyclic) bond motifs is 1. The smallest absolute Gasteiger partial charge is 0.223 e. The Morgan fingerprint density at radius 3 is 2.68 bits per heavy atom. The van der Waals surface area contributed by atoms with Crippen molar-refractivity contribution in [2.75, 3.05) is 18.0 Å². The predicted octanol–water partition coefficient (Wildman–Crippen LogP) is 4.95. The summed E-state index contributed by atoms with van der Waals surface area (Å²) in [6.45, 7) is 6.00. The zero-order valence-corrected chi connectivity index (χ0v) is 17.3. The van der Waals surface area contributed by atoms with Gasteiger partial charge in [-0.25, -0.2) is 4.98 Å². The molecule has 4 nitrogen and oxygen atoms in total. The second-order valence-corrected chi connectivity index (χ2v) is 8.56. The van der Waals surface area contributed by atoms with Crippen LogP contribution in [0.1, 0.15) is 43.9 Å². The van der Waals surface area contributed by atoms with Gasteiger partial charge in [0.25, 0.3) is 0 Å². The van der Waals surface area contributed by atoms with E-state index in [-0.39, 0.29) is 17.9 Å². The molecule has 0 spiro atoms. The van der Waals surface area contributed by atoms with Crippen molar-refractivity contribution in [3.63, 3.8) is 0 Å². The number of nitrogens with zero attached hydrogens (tertiary/aromatic N) is 2. The molecule has 1 fully saturated rings. The minimum absolute atomic E-state index is 0.0451. The van der Waals surface area contributed by atoms with Crippen LogP contribution < -0.4 is 10.2 Å². The number of thiazole rings is 1. The molecule has 1 N–H and O–H groups in total. The van der Waals surface area contributed by atoms with Crippen molar-refractivity contribution in [3.8, 4) is 0 Å². The molecule has 3 aromatic rings. The van der Waals surface area contributed by atoms with Gasteiger partial charge in [-0.05, 0) is 49.4 Å². The number of anilines is 1. The van der Waals surface area contributed by atoms with E-state index >= 15 is 0 Å². The summed E-state index contributed by atoms with van der Waals surface area (Å²) in [5, 5.41) is 4.27. The zero-order valence-electron chi connectivity index (χ0n) is 16.5. The minimum Gasteiger partial charge on any atom is -0.349 e. The van der Waals surface area contributed by atoms with E-state index < -0.39 is 0 Å². The SMILES string of the molecule is CCc1ccc2nc(N3CCC(C(=O)NC(C)c4ccccc4)CC3)sc2c1. The fourth-order valence-electron chi connectivity index (χ4n) is 3.80. The number of aryl methyl sites for hydroxylation is 1. The van der Waals surface area contributed by atoms with Gasteiger partial charge in [0.05, 0.1) is 16.3 Å². The van der Waals surface area contributed by atoms with Gasteiger partial charge in [0.15, 0.2) is 5.13 Å². The number of hydrogen-bond acceptors (Lipinski definition) is 4. The van der Waals surface area contributed by atoms with Crippen molar-refractivity contribution in [1.82, 2.24) is 10.3 Å². The Labute approximate surface area is 170 Å². The Balaban J connectivity index is 1.36. The number of nitrogens with one attached hydrogen (secondary N) is 1. The molecule has 1 amide bonds. The molecule has 0 aliphatic carbocycles. The molecular formula is C23H27N3OS. The van der Waals surface area contributed by atoms with E-state index in [1.807, 2.05) is 25.1 Å². The van der Waals surface area contributed by atoms with E-state index in [4.69, 9.17) is 4.98 Å². The van der Waals surface area contributed by atoms with Crippen LogP contribution in [0.2, 0.25) is 0 Å². The lowest BCUT2D eigenvalue weighted by Gasteiger charge is -2.31. The molecule has 1 saturated heterocycles. The molecule has 1 atom stereocenters. The highest BCUT2D eigenvalue weighted by molar-refractivity contribution is 7.22. The molecule has 28 heavy (non-hydrogen) atoms. The van der Waals surface area contributed by atoms with Gasteiger partial charge >= 0.3 is 0 Å². The summed E-state index contributed by atoms with van der Waals surface area (Å²) < 4.78 is 1.26. The maximum absolute atomic E-state index is 12.7. The average molecular weight is 394 g/mol. The molecule has 2 aromatic carbocycles. The molecule has 0 bridgehead atoms. The first-order chi connectivity index (χ1) is 13.6. The van der Waals surface area contributed by atoms with Crippen LogP contribution in [0.4, 0.5) is 5.13 Å². The van der Waals surface area contributed by atoms with E-state index in [1.54, 1.807) is 11.3 Å². The molecule has 4 rings (SSSR count). The van der Waals surface area contributed by atoms with Crippen molar-refractivity contribution < 1.29 is 4.79 Å². The number of carbonyl (C=O) groups excluding carboxylic acids is 1. The second kappa shape index (κ2) is 8.31. The lowest BCUT2D eigenvalue weighted by atomic mass is 9.95. The molecule has 1 aromatic heterocycles. The van der Waals surface area contributed by atoms with Crippen molar-refractivity contribution in [2.45, 2.75) is 39.2 Å². The largest absolute Gasteiger partial charge is 0.349 e. The Kier molecular flexibility index (Phi) is 5.62. The highest BCUT2D eigenvalue weighted by Crippen LogP contribution is 2.32. The number of piperidine rings is 1. The molecule has 1 aliphatic heterocycles. The van der Waals surface area contributed by atoms with Crippen LogP contribution in [-0.4, -0.2) is 24.0 Å².